The number of nitro benzene ring substituents is 1. The molecule has 0 aliphatic rings. The fourth-order valence-electron chi connectivity index (χ4n) is 2.48. The second kappa shape index (κ2) is 7.06. The van der Waals surface area contributed by atoms with Crippen LogP contribution in [0.5, 0.6) is 0 Å². The minimum atomic E-state index is -0.685. The van der Waals surface area contributed by atoms with Gasteiger partial charge in [0.2, 0.25) is 0 Å². The average Bonchev–Trinajstić information content (AvgIpc) is 3.05. The number of nitro groups is 1. The number of H-pyrrole nitrogens is 1. The summed E-state index contributed by atoms with van der Waals surface area (Å²) in [6.07, 6.45) is 0. The largest absolute Gasteiger partial charge is 0.451 e. The van der Waals surface area contributed by atoms with Crippen LogP contribution < -0.4 is 5.32 Å². The maximum Gasteiger partial charge on any atom is 0.355 e. The zero-order valence-corrected chi connectivity index (χ0v) is 13.8. The summed E-state index contributed by atoms with van der Waals surface area (Å²) >= 11 is 0. The molecule has 0 radical (unpaired) electrons. The van der Waals surface area contributed by atoms with Gasteiger partial charge >= 0.3 is 5.97 Å². The van der Waals surface area contributed by atoms with Gasteiger partial charge in [-0.05, 0) is 30.7 Å². The number of nitrogens with zero attached hydrogens (tertiary/aromatic N) is 1. The molecule has 2 N–H and O–H groups in total. The van der Waals surface area contributed by atoms with Gasteiger partial charge in [-0.1, -0.05) is 24.3 Å². The third-order valence-corrected chi connectivity index (χ3v) is 3.71. The summed E-state index contributed by atoms with van der Waals surface area (Å²) in [5, 5.41) is 14.3. The van der Waals surface area contributed by atoms with Gasteiger partial charge in [0.05, 0.1) is 4.92 Å². The van der Waals surface area contributed by atoms with Crippen LogP contribution in [0.3, 0.4) is 0 Å². The number of ether oxygens (including phenoxy) is 1. The molecule has 132 valence electrons. The lowest BCUT2D eigenvalue weighted by Crippen LogP contribution is -2.21. The molecule has 0 saturated heterocycles. The standard InChI is InChI=1S/C18H15N3O5/c1-11-6-7-14(16(8-11)21(24)25)20-17(22)10-26-18(23)15-9-12-4-2-3-5-13(12)19-15/h2-9,19H,10H2,1H3,(H,20,22). The van der Waals surface area contributed by atoms with Gasteiger partial charge in [-0.15, -0.1) is 0 Å². The van der Waals surface area contributed by atoms with Crippen LogP contribution in [0, 0.1) is 17.0 Å². The highest BCUT2D eigenvalue weighted by Crippen LogP contribution is 2.25. The molecule has 8 heteroatoms. The van der Waals surface area contributed by atoms with Crippen molar-refractivity contribution in [2.24, 2.45) is 0 Å². The number of nitrogens with one attached hydrogen (secondary N) is 2. The van der Waals surface area contributed by atoms with Crippen LogP contribution in [-0.2, 0) is 9.53 Å². The van der Waals surface area contributed by atoms with Crippen LogP contribution in [-0.4, -0.2) is 28.4 Å². The first-order chi connectivity index (χ1) is 12.4. The van der Waals surface area contributed by atoms with Crippen molar-refractivity contribution in [3.63, 3.8) is 0 Å². The number of aromatic nitrogens is 1. The molecule has 0 aliphatic heterocycles. The van der Waals surface area contributed by atoms with E-state index in [9.17, 15) is 19.7 Å². The molecule has 1 aromatic heterocycles. The van der Waals surface area contributed by atoms with Gasteiger partial charge in [-0.2, -0.15) is 0 Å². The van der Waals surface area contributed by atoms with Crippen molar-refractivity contribution in [1.82, 2.24) is 4.98 Å². The smallest absolute Gasteiger partial charge is 0.355 e. The van der Waals surface area contributed by atoms with Gasteiger partial charge in [0.1, 0.15) is 11.4 Å². The van der Waals surface area contributed by atoms with E-state index in [2.05, 4.69) is 10.3 Å². The Bertz CT molecular complexity index is 976. The number of anilines is 1. The molecule has 0 atom stereocenters. The molecule has 26 heavy (non-hydrogen) atoms. The molecule has 0 saturated carbocycles. The van der Waals surface area contributed by atoms with Crippen molar-refractivity contribution in [2.45, 2.75) is 6.92 Å². The van der Waals surface area contributed by atoms with E-state index in [0.29, 0.717) is 5.56 Å². The summed E-state index contributed by atoms with van der Waals surface area (Å²) in [4.78, 5) is 37.4. The molecule has 3 rings (SSSR count). The summed E-state index contributed by atoms with van der Waals surface area (Å²) in [7, 11) is 0. The van der Waals surface area contributed by atoms with E-state index in [1.165, 1.54) is 12.1 Å². The third kappa shape index (κ3) is 3.69. The van der Waals surface area contributed by atoms with Gasteiger partial charge < -0.3 is 15.0 Å². The van der Waals surface area contributed by atoms with Crippen molar-refractivity contribution >= 4 is 34.2 Å². The van der Waals surface area contributed by atoms with Crippen LogP contribution in [0.4, 0.5) is 11.4 Å². The summed E-state index contributed by atoms with van der Waals surface area (Å²) in [5.41, 5.74) is 1.52. The number of esters is 1. The maximum atomic E-state index is 12.0. The van der Waals surface area contributed by atoms with Gasteiger partial charge in [-0.3, -0.25) is 14.9 Å². The Labute approximate surface area is 147 Å². The fourth-order valence-corrected chi connectivity index (χ4v) is 2.48. The van der Waals surface area contributed by atoms with Gasteiger partial charge in [-0.25, -0.2) is 4.79 Å². The number of aryl methyl sites for hydroxylation is 1. The van der Waals surface area contributed by atoms with Crippen LogP contribution in [0.15, 0.2) is 48.5 Å². The molecule has 3 aromatic rings. The lowest BCUT2D eigenvalue weighted by atomic mass is 10.2. The monoisotopic (exact) mass is 353 g/mol. The molecule has 0 aliphatic carbocycles. The van der Waals surface area contributed by atoms with E-state index in [1.54, 1.807) is 19.1 Å². The molecule has 8 nitrogen and oxygen atoms in total. The zero-order valence-electron chi connectivity index (χ0n) is 13.8. The predicted octanol–water partition coefficient (Wildman–Crippen LogP) is 3.18. The Hall–Kier alpha value is -3.68. The Morgan fingerprint density at radius 3 is 2.69 bits per heavy atom. The first kappa shape index (κ1) is 17.2. The SMILES string of the molecule is Cc1ccc(NC(=O)COC(=O)c2cc3ccccc3[nH]2)c([N+](=O)[O-])c1. The molecule has 1 amide bonds. The Morgan fingerprint density at radius 1 is 1.19 bits per heavy atom. The van der Waals surface area contributed by atoms with E-state index in [1.807, 2.05) is 24.3 Å². The van der Waals surface area contributed by atoms with Crippen molar-refractivity contribution < 1.29 is 19.2 Å². The normalized spacial score (nSPS) is 10.5. The number of rotatable bonds is 5. The molecule has 2 aromatic carbocycles. The lowest BCUT2D eigenvalue weighted by molar-refractivity contribution is -0.384. The number of para-hydroxylation sites is 1. The molecule has 1 heterocycles. The minimum Gasteiger partial charge on any atom is -0.451 e. The Kier molecular flexibility index (Phi) is 4.66. The fraction of sp³-hybridized carbons (Fsp3) is 0.111. The second-order valence-corrected chi connectivity index (χ2v) is 5.67. The van der Waals surface area contributed by atoms with Gasteiger partial charge in [0.15, 0.2) is 6.61 Å². The van der Waals surface area contributed by atoms with E-state index >= 15 is 0 Å². The van der Waals surface area contributed by atoms with Crippen LogP contribution in [0.1, 0.15) is 16.1 Å². The average molecular weight is 353 g/mol. The topological polar surface area (TPSA) is 114 Å². The highest BCUT2D eigenvalue weighted by atomic mass is 16.6. The van der Waals surface area contributed by atoms with Crippen molar-refractivity contribution in [2.75, 3.05) is 11.9 Å². The molecular formula is C18H15N3O5. The highest BCUT2D eigenvalue weighted by molar-refractivity contribution is 5.98. The van der Waals surface area contributed by atoms with Crippen LogP contribution in [0.25, 0.3) is 10.9 Å². The van der Waals surface area contributed by atoms with Gasteiger partial charge in [0.25, 0.3) is 11.6 Å². The van der Waals surface area contributed by atoms with Crippen molar-refractivity contribution in [1.29, 1.82) is 0 Å². The summed E-state index contributed by atoms with van der Waals surface area (Å²) < 4.78 is 4.96. The van der Waals surface area contributed by atoms with Crippen molar-refractivity contribution in [3.05, 3.63) is 69.9 Å². The van der Waals surface area contributed by atoms with Crippen molar-refractivity contribution in [3.8, 4) is 0 Å². The Balaban J connectivity index is 1.64. The van der Waals surface area contributed by atoms with Crippen LogP contribution >= 0.6 is 0 Å². The molecule has 0 fully saturated rings. The van der Waals surface area contributed by atoms with E-state index in [-0.39, 0.29) is 17.1 Å². The number of carbonyl (C=O) groups excluding carboxylic acids is 2. The maximum absolute atomic E-state index is 12.0. The first-order valence-corrected chi connectivity index (χ1v) is 7.74. The number of hydrogen-bond donors (Lipinski definition) is 2. The van der Waals surface area contributed by atoms with E-state index in [4.69, 9.17) is 4.74 Å². The molecule has 0 unspecified atom stereocenters. The minimum absolute atomic E-state index is 0.0484. The molecule has 0 bridgehead atoms. The number of fused-ring (bicyclic) bond motifs is 1. The number of aromatic amines is 1. The quantitative estimate of drug-likeness (QED) is 0.415. The van der Waals surface area contributed by atoms with Gasteiger partial charge in [0, 0.05) is 17.0 Å². The molecule has 0 spiro atoms. The predicted molar refractivity (Wildman–Crippen MR) is 95.0 cm³/mol. The van der Waals surface area contributed by atoms with Crippen LogP contribution in [0.2, 0.25) is 0 Å². The number of carbonyl (C=O) groups is 2. The summed E-state index contributed by atoms with van der Waals surface area (Å²) in [6, 6.07) is 13.4. The number of benzene rings is 2. The van der Waals surface area contributed by atoms with E-state index in [0.717, 1.165) is 10.9 Å². The second-order valence-electron chi connectivity index (χ2n) is 5.67. The number of hydrogen-bond acceptors (Lipinski definition) is 5. The third-order valence-electron chi connectivity index (χ3n) is 3.71. The zero-order chi connectivity index (χ0) is 18.7. The highest BCUT2D eigenvalue weighted by Gasteiger charge is 2.18. The summed E-state index contributed by atoms with van der Waals surface area (Å²) in [5.74, 6) is -1.35. The lowest BCUT2D eigenvalue weighted by Gasteiger charge is -2.07. The molecular weight excluding hydrogens is 338 g/mol. The van der Waals surface area contributed by atoms with E-state index < -0.39 is 23.4 Å². The Morgan fingerprint density at radius 2 is 1.96 bits per heavy atom. The summed E-state index contributed by atoms with van der Waals surface area (Å²) in [6.45, 7) is 1.15. The number of amides is 1. The first-order valence-electron chi connectivity index (χ1n) is 7.74.